The van der Waals surface area contributed by atoms with Crippen LogP contribution in [0.4, 0.5) is 5.69 Å². The van der Waals surface area contributed by atoms with Gasteiger partial charge in [-0.3, -0.25) is 9.59 Å². The highest BCUT2D eigenvalue weighted by Crippen LogP contribution is 2.13. The van der Waals surface area contributed by atoms with Crippen molar-refractivity contribution in [3.05, 3.63) is 29.8 Å². The van der Waals surface area contributed by atoms with Crippen molar-refractivity contribution < 1.29 is 19.5 Å². The fraction of sp³-hybridized carbons (Fsp3) is 0.400. The van der Waals surface area contributed by atoms with Crippen LogP contribution in [0.2, 0.25) is 0 Å². The first-order chi connectivity index (χ1) is 9.85. The predicted molar refractivity (Wildman–Crippen MR) is 79.1 cm³/mol. The number of anilines is 1. The van der Waals surface area contributed by atoms with E-state index in [1.807, 2.05) is 6.92 Å². The summed E-state index contributed by atoms with van der Waals surface area (Å²) in [7, 11) is 0. The molecule has 0 bridgehead atoms. The predicted octanol–water partition coefficient (Wildman–Crippen LogP) is 1.87. The summed E-state index contributed by atoms with van der Waals surface area (Å²) < 4.78 is 0. The van der Waals surface area contributed by atoms with Gasteiger partial charge in [-0.15, -0.1) is 0 Å². The largest absolute Gasteiger partial charge is 0.480 e. The Morgan fingerprint density at radius 3 is 2.48 bits per heavy atom. The zero-order chi connectivity index (χ0) is 16.0. The summed E-state index contributed by atoms with van der Waals surface area (Å²) in [4.78, 5) is 34.3. The highest BCUT2D eigenvalue weighted by Gasteiger charge is 2.25. The van der Waals surface area contributed by atoms with Gasteiger partial charge < -0.3 is 15.7 Å². The van der Waals surface area contributed by atoms with Crippen LogP contribution in [0.5, 0.6) is 0 Å². The minimum Gasteiger partial charge on any atom is -0.480 e. The molecule has 1 aromatic rings. The molecule has 114 valence electrons. The van der Waals surface area contributed by atoms with Gasteiger partial charge in [0.25, 0.3) is 5.91 Å². The highest BCUT2D eigenvalue weighted by molar-refractivity contribution is 5.98. The van der Waals surface area contributed by atoms with Gasteiger partial charge in [-0.05, 0) is 24.1 Å². The van der Waals surface area contributed by atoms with E-state index in [1.165, 1.54) is 13.0 Å². The van der Waals surface area contributed by atoms with Crippen molar-refractivity contribution in [2.75, 3.05) is 5.32 Å². The molecule has 0 heterocycles. The van der Waals surface area contributed by atoms with E-state index in [0.29, 0.717) is 17.7 Å². The number of carboxylic acids is 1. The van der Waals surface area contributed by atoms with Crippen LogP contribution in [0, 0.1) is 5.92 Å². The van der Waals surface area contributed by atoms with E-state index < -0.39 is 17.9 Å². The molecule has 2 amide bonds. The molecule has 0 aliphatic carbocycles. The maximum Gasteiger partial charge on any atom is 0.326 e. The van der Waals surface area contributed by atoms with Gasteiger partial charge in [0.1, 0.15) is 6.04 Å². The van der Waals surface area contributed by atoms with Gasteiger partial charge in [-0.2, -0.15) is 0 Å². The van der Waals surface area contributed by atoms with Gasteiger partial charge in [0.15, 0.2) is 0 Å². The summed E-state index contributed by atoms with van der Waals surface area (Å²) in [6.45, 7) is 5.01. The van der Waals surface area contributed by atoms with E-state index in [-0.39, 0.29) is 11.8 Å². The number of aliphatic carboxylic acids is 1. The third-order valence-corrected chi connectivity index (χ3v) is 3.21. The van der Waals surface area contributed by atoms with Gasteiger partial charge in [-0.1, -0.05) is 26.3 Å². The van der Waals surface area contributed by atoms with Crippen molar-refractivity contribution in [3.8, 4) is 0 Å². The summed E-state index contributed by atoms with van der Waals surface area (Å²) in [5.41, 5.74) is 0.793. The van der Waals surface area contributed by atoms with E-state index in [2.05, 4.69) is 10.6 Å². The Morgan fingerprint density at radius 1 is 1.29 bits per heavy atom. The standard InChI is InChI=1S/C15H20N2O4/c1-4-9(2)13(15(20)21)17-14(19)11-6-5-7-12(8-11)16-10(3)18/h5-9,13H,4H2,1-3H3,(H,16,18)(H,17,19)(H,20,21)/t9-,13+/m0/s1. The molecule has 0 spiro atoms. The number of carboxylic acid groups (broad SMARTS) is 1. The Bertz CT molecular complexity index is 542. The third-order valence-electron chi connectivity index (χ3n) is 3.21. The fourth-order valence-corrected chi connectivity index (χ4v) is 1.85. The number of benzene rings is 1. The van der Waals surface area contributed by atoms with E-state index in [9.17, 15) is 19.5 Å². The van der Waals surface area contributed by atoms with Crippen molar-refractivity contribution in [2.45, 2.75) is 33.2 Å². The molecule has 6 heteroatoms. The first kappa shape index (κ1) is 16.7. The van der Waals surface area contributed by atoms with Crippen LogP contribution in [-0.4, -0.2) is 28.9 Å². The first-order valence-corrected chi connectivity index (χ1v) is 6.76. The molecule has 0 aromatic heterocycles. The van der Waals surface area contributed by atoms with Crippen LogP contribution in [-0.2, 0) is 9.59 Å². The highest BCUT2D eigenvalue weighted by atomic mass is 16.4. The lowest BCUT2D eigenvalue weighted by atomic mass is 9.99. The van der Waals surface area contributed by atoms with Crippen LogP contribution in [0.1, 0.15) is 37.6 Å². The van der Waals surface area contributed by atoms with Crippen LogP contribution in [0.15, 0.2) is 24.3 Å². The zero-order valence-electron chi connectivity index (χ0n) is 12.3. The molecule has 21 heavy (non-hydrogen) atoms. The fourth-order valence-electron chi connectivity index (χ4n) is 1.85. The maximum absolute atomic E-state index is 12.1. The summed E-state index contributed by atoms with van der Waals surface area (Å²) >= 11 is 0. The van der Waals surface area contributed by atoms with Crippen LogP contribution in [0.3, 0.4) is 0 Å². The molecule has 0 aliphatic rings. The van der Waals surface area contributed by atoms with E-state index in [4.69, 9.17) is 0 Å². The van der Waals surface area contributed by atoms with E-state index in [0.717, 1.165) is 0 Å². The summed E-state index contributed by atoms with van der Waals surface area (Å²) in [5.74, 6) is -1.95. The number of hydrogen-bond acceptors (Lipinski definition) is 3. The van der Waals surface area contributed by atoms with Crippen molar-refractivity contribution in [2.24, 2.45) is 5.92 Å². The average molecular weight is 292 g/mol. The van der Waals surface area contributed by atoms with Crippen molar-refractivity contribution in [1.29, 1.82) is 0 Å². The van der Waals surface area contributed by atoms with Crippen LogP contribution in [0.25, 0.3) is 0 Å². The Morgan fingerprint density at radius 2 is 1.95 bits per heavy atom. The molecule has 2 atom stereocenters. The van der Waals surface area contributed by atoms with Gasteiger partial charge in [-0.25, -0.2) is 4.79 Å². The molecule has 0 radical (unpaired) electrons. The summed E-state index contributed by atoms with van der Waals surface area (Å²) in [5, 5.41) is 14.3. The Hall–Kier alpha value is -2.37. The lowest BCUT2D eigenvalue weighted by molar-refractivity contribution is -0.140. The molecule has 1 rings (SSSR count). The number of nitrogens with one attached hydrogen (secondary N) is 2. The summed E-state index contributed by atoms with van der Waals surface area (Å²) in [6.07, 6.45) is 0.642. The second-order valence-corrected chi connectivity index (χ2v) is 4.94. The van der Waals surface area contributed by atoms with E-state index >= 15 is 0 Å². The Kier molecular flexibility index (Phi) is 5.90. The molecule has 0 aliphatic heterocycles. The molecule has 0 fully saturated rings. The van der Waals surface area contributed by atoms with Crippen LogP contribution < -0.4 is 10.6 Å². The molecular weight excluding hydrogens is 272 g/mol. The number of carbonyl (C=O) groups is 3. The number of rotatable bonds is 6. The second-order valence-electron chi connectivity index (χ2n) is 4.94. The van der Waals surface area contributed by atoms with Crippen LogP contribution >= 0.6 is 0 Å². The van der Waals surface area contributed by atoms with Gasteiger partial charge in [0.2, 0.25) is 5.91 Å². The quantitative estimate of drug-likeness (QED) is 0.746. The molecule has 3 N–H and O–H groups in total. The zero-order valence-corrected chi connectivity index (χ0v) is 12.3. The molecule has 0 unspecified atom stereocenters. The van der Waals surface area contributed by atoms with Gasteiger partial charge in [0.05, 0.1) is 0 Å². The van der Waals surface area contributed by atoms with Gasteiger partial charge >= 0.3 is 5.97 Å². The lowest BCUT2D eigenvalue weighted by Gasteiger charge is -2.20. The Balaban J connectivity index is 2.87. The smallest absolute Gasteiger partial charge is 0.326 e. The number of hydrogen-bond donors (Lipinski definition) is 3. The third kappa shape index (κ3) is 4.91. The van der Waals surface area contributed by atoms with Gasteiger partial charge in [0, 0.05) is 18.2 Å². The molecule has 0 saturated heterocycles. The lowest BCUT2D eigenvalue weighted by Crippen LogP contribution is -2.45. The van der Waals surface area contributed by atoms with Crippen molar-refractivity contribution >= 4 is 23.5 Å². The number of amides is 2. The number of carbonyl (C=O) groups excluding carboxylic acids is 2. The first-order valence-electron chi connectivity index (χ1n) is 6.76. The minimum atomic E-state index is -1.06. The summed E-state index contributed by atoms with van der Waals surface area (Å²) in [6, 6.07) is 5.41. The maximum atomic E-state index is 12.1. The normalized spacial score (nSPS) is 13.1. The monoisotopic (exact) mass is 292 g/mol. The van der Waals surface area contributed by atoms with Crippen molar-refractivity contribution in [3.63, 3.8) is 0 Å². The van der Waals surface area contributed by atoms with Crippen molar-refractivity contribution in [1.82, 2.24) is 5.32 Å². The average Bonchev–Trinajstić information content (AvgIpc) is 2.42. The SMILES string of the molecule is CC[C@H](C)[C@@H](NC(=O)c1cccc(NC(C)=O)c1)C(=O)O. The minimum absolute atomic E-state index is 0.176. The Labute approximate surface area is 123 Å². The molecule has 1 aromatic carbocycles. The molecule has 6 nitrogen and oxygen atoms in total. The molecular formula is C15H20N2O4. The molecule has 0 saturated carbocycles. The topological polar surface area (TPSA) is 95.5 Å². The second kappa shape index (κ2) is 7.42. The van der Waals surface area contributed by atoms with E-state index in [1.54, 1.807) is 25.1 Å².